The maximum absolute atomic E-state index is 12.8. The lowest BCUT2D eigenvalue weighted by Crippen LogP contribution is -2.54. The summed E-state index contributed by atoms with van der Waals surface area (Å²) < 4.78 is 1.65. The number of aromatic nitrogens is 2. The largest absolute Gasteiger partial charge is 0.331 e. The summed E-state index contributed by atoms with van der Waals surface area (Å²) in [6.45, 7) is 0.183. The van der Waals surface area contributed by atoms with Gasteiger partial charge in [-0.2, -0.15) is 5.10 Å². The van der Waals surface area contributed by atoms with Crippen LogP contribution in [0, 0.1) is 0 Å². The van der Waals surface area contributed by atoms with E-state index in [9.17, 15) is 14.4 Å². The van der Waals surface area contributed by atoms with Crippen LogP contribution in [0.15, 0.2) is 78.6 Å². The number of benzene rings is 2. The van der Waals surface area contributed by atoms with Crippen molar-refractivity contribution in [3.8, 4) is 5.69 Å². The highest BCUT2D eigenvalue weighted by atomic mass is 16.2. The zero-order valence-corrected chi connectivity index (χ0v) is 15.5. The molecule has 7 nitrogen and oxygen atoms in total. The monoisotopic (exact) mass is 386 g/mol. The Kier molecular flexibility index (Phi) is 5.03. The lowest BCUT2D eigenvalue weighted by molar-refractivity contribution is -0.130. The van der Waals surface area contributed by atoms with Crippen LogP contribution in [0.4, 0.5) is 4.79 Å². The predicted molar refractivity (Wildman–Crippen MR) is 107 cm³/mol. The van der Waals surface area contributed by atoms with E-state index in [1.54, 1.807) is 17.1 Å². The Labute approximate surface area is 167 Å². The quantitative estimate of drug-likeness (QED) is 0.540. The Balaban J connectivity index is 1.54. The highest BCUT2D eigenvalue weighted by molar-refractivity contribution is 6.31. The number of urea groups is 1. The molecule has 1 aliphatic heterocycles. The number of carbonyl (C=O) groups excluding carboxylic acids is 3. The van der Waals surface area contributed by atoms with Crippen LogP contribution in [0.5, 0.6) is 0 Å². The van der Waals surface area contributed by atoms with Gasteiger partial charge in [0, 0.05) is 18.3 Å². The van der Waals surface area contributed by atoms with Gasteiger partial charge >= 0.3 is 6.03 Å². The number of hydrogen-bond acceptors (Lipinski definition) is 4. The number of carbonyl (C=O) groups is 3. The molecule has 3 aromatic rings. The molecule has 1 aromatic heterocycles. The molecule has 0 radical (unpaired) electrons. The molecule has 1 N–H and O–H groups in total. The molecule has 1 aliphatic rings. The fourth-order valence-electron chi connectivity index (χ4n) is 3.08. The number of nitrogens with one attached hydrogen (secondary N) is 1. The molecule has 0 bridgehead atoms. The first-order chi connectivity index (χ1) is 14.1. The molecule has 2 aromatic carbocycles. The van der Waals surface area contributed by atoms with Crippen LogP contribution in [-0.4, -0.2) is 39.1 Å². The zero-order chi connectivity index (χ0) is 20.2. The van der Waals surface area contributed by atoms with Crippen molar-refractivity contribution in [2.45, 2.75) is 6.42 Å². The molecular formula is C22H18N4O3. The average Bonchev–Trinajstić information content (AvgIpc) is 3.21. The molecule has 2 heterocycles. The molecule has 0 saturated carbocycles. The smallest absolute Gasteiger partial charge is 0.273 e. The van der Waals surface area contributed by atoms with Crippen molar-refractivity contribution in [3.05, 3.63) is 89.8 Å². The first-order valence-electron chi connectivity index (χ1n) is 9.15. The van der Waals surface area contributed by atoms with Gasteiger partial charge in [0.25, 0.3) is 11.8 Å². The second kappa shape index (κ2) is 7.93. The second-order valence-electron chi connectivity index (χ2n) is 6.56. The van der Waals surface area contributed by atoms with E-state index >= 15 is 0 Å². The summed E-state index contributed by atoms with van der Waals surface area (Å²) in [6.07, 6.45) is 5.23. The third kappa shape index (κ3) is 3.98. The van der Waals surface area contributed by atoms with E-state index in [1.807, 2.05) is 60.7 Å². The van der Waals surface area contributed by atoms with Crippen molar-refractivity contribution in [2.24, 2.45) is 0 Å². The van der Waals surface area contributed by atoms with Crippen LogP contribution in [-0.2, 0) is 16.0 Å². The van der Waals surface area contributed by atoms with Crippen molar-refractivity contribution < 1.29 is 14.4 Å². The van der Waals surface area contributed by atoms with E-state index in [0.29, 0.717) is 12.0 Å². The predicted octanol–water partition coefficient (Wildman–Crippen LogP) is 2.58. The number of barbiturate groups is 1. The van der Waals surface area contributed by atoms with E-state index < -0.39 is 17.8 Å². The van der Waals surface area contributed by atoms with Crippen LogP contribution in [0.2, 0.25) is 0 Å². The Morgan fingerprint density at radius 3 is 2.34 bits per heavy atom. The van der Waals surface area contributed by atoms with Gasteiger partial charge in [0.15, 0.2) is 0 Å². The molecule has 4 amide bonds. The molecule has 0 aliphatic carbocycles. The maximum Gasteiger partial charge on any atom is 0.331 e. The maximum atomic E-state index is 12.8. The van der Waals surface area contributed by atoms with Crippen molar-refractivity contribution in [3.63, 3.8) is 0 Å². The fraction of sp³-hybridized carbons (Fsp3) is 0.0909. The van der Waals surface area contributed by atoms with Gasteiger partial charge in [-0.3, -0.25) is 19.8 Å². The summed E-state index contributed by atoms with van der Waals surface area (Å²) in [4.78, 5) is 38.2. The molecule has 1 saturated heterocycles. The number of nitrogens with zero attached hydrogens (tertiary/aromatic N) is 3. The first kappa shape index (κ1) is 18.4. The Morgan fingerprint density at radius 1 is 0.931 bits per heavy atom. The minimum Gasteiger partial charge on any atom is -0.273 e. The van der Waals surface area contributed by atoms with E-state index in [-0.39, 0.29) is 12.1 Å². The summed E-state index contributed by atoms with van der Waals surface area (Å²) in [5, 5.41) is 6.50. The molecule has 144 valence electrons. The van der Waals surface area contributed by atoms with Crippen LogP contribution in [0.25, 0.3) is 11.8 Å². The third-order valence-electron chi connectivity index (χ3n) is 4.59. The number of para-hydroxylation sites is 1. The fourth-order valence-corrected chi connectivity index (χ4v) is 3.08. The van der Waals surface area contributed by atoms with Crippen LogP contribution in [0.1, 0.15) is 11.1 Å². The van der Waals surface area contributed by atoms with Crippen molar-refractivity contribution in [2.75, 3.05) is 6.54 Å². The Morgan fingerprint density at radius 2 is 1.62 bits per heavy atom. The SMILES string of the molecule is O=C1NC(=O)N(CCc2ccccc2)C(=O)/C1=C/c1cnn(-c2ccccc2)c1. The number of imide groups is 2. The first-order valence-corrected chi connectivity index (χ1v) is 9.15. The normalized spacial score (nSPS) is 15.7. The van der Waals surface area contributed by atoms with E-state index in [0.717, 1.165) is 16.2 Å². The molecule has 1 fully saturated rings. The lowest BCUT2D eigenvalue weighted by atomic mass is 10.1. The third-order valence-corrected chi connectivity index (χ3v) is 4.59. The zero-order valence-electron chi connectivity index (χ0n) is 15.5. The Hall–Kier alpha value is -4.00. The highest BCUT2D eigenvalue weighted by Crippen LogP contribution is 2.16. The summed E-state index contributed by atoms with van der Waals surface area (Å²) >= 11 is 0. The summed E-state index contributed by atoms with van der Waals surface area (Å²) in [6, 6.07) is 18.3. The molecule has 7 heteroatoms. The van der Waals surface area contributed by atoms with Gasteiger partial charge in [-0.25, -0.2) is 9.48 Å². The van der Waals surface area contributed by atoms with Gasteiger partial charge in [-0.15, -0.1) is 0 Å². The van der Waals surface area contributed by atoms with Gasteiger partial charge in [-0.05, 0) is 30.2 Å². The van der Waals surface area contributed by atoms with Crippen LogP contribution >= 0.6 is 0 Å². The lowest BCUT2D eigenvalue weighted by Gasteiger charge is -2.26. The summed E-state index contributed by atoms with van der Waals surface area (Å²) in [5.74, 6) is -1.31. The molecule has 29 heavy (non-hydrogen) atoms. The van der Waals surface area contributed by atoms with Crippen LogP contribution in [0.3, 0.4) is 0 Å². The van der Waals surface area contributed by atoms with Gasteiger partial charge in [-0.1, -0.05) is 48.5 Å². The van der Waals surface area contributed by atoms with Crippen molar-refractivity contribution in [1.82, 2.24) is 20.0 Å². The minimum absolute atomic E-state index is 0.0923. The van der Waals surface area contributed by atoms with E-state index in [1.165, 1.54) is 6.08 Å². The van der Waals surface area contributed by atoms with Crippen LogP contribution < -0.4 is 5.32 Å². The number of rotatable bonds is 5. The Bertz CT molecular complexity index is 1090. The standard InChI is InChI=1S/C22H18N4O3/c27-20-19(13-17-14-23-26(15-17)18-9-5-2-6-10-18)21(28)25(22(29)24-20)12-11-16-7-3-1-4-8-16/h1-10,13-15H,11-12H2,(H,24,27,29)/b19-13+. The molecule has 0 unspecified atom stereocenters. The van der Waals surface area contributed by atoms with Crippen molar-refractivity contribution >= 4 is 23.9 Å². The van der Waals surface area contributed by atoms with Crippen molar-refractivity contribution in [1.29, 1.82) is 0 Å². The van der Waals surface area contributed by atoms with Gasteiger partial charge < -0.3 is 0 Å². The van der Waals surface area contributed by atoms with E-state index in [2.05, 4.69) is 10.4 Å². The van der Waals surface area contributed by atoms with E-state index in [4.69, 9.17) is 0 Å². The topological polar surface area (TPSA) is 84.3 Å². The highest BCUT2D eigenvalue weighted by Gasteiger charge is 2.35. The molecular weight excluding hydrogens is 368 g/mol. The van der Waals surface area contributed by atoms with Gasteiger partial charge in [0.2, 0.25) is 0 Å². The molecule has 0 spiro atoms. The average molecular weight is 386 g/mol. The van der Waals surface area contributed by atoms with Gasteiger partial charge in [0.05, 0.1) is 11.9 Å². The molecule has 4 rings (SSSR count). The second-order valence-corrected chi connectivity index (χ2v) is 6.56. The summed E-state index contributed by atoms with van der Waals surface area (Å²) in [5.41, 5.74) is 2.35. The summed E-state index contributed by atoms with van der Waals surface area (Å²) in [7, 11) is 0. The number of hydrogen-bond donors (Lipinski definition) is 1. The minimum atomic E-state index is -0.705. The van der Waals surface area contributed by atoms with Gasteiger partial charge in [0.1, 0.15) is 5.57 Å². The molecule has 0 atom stereocenters. The number of amides is 4.